The first-order chi connectivity index (χ1) is 55.7. The highest BCUT2D eigenvalue weighted by molar-refractivity contribution is 7.00. The van der Waals surface area contributed by atoms with E-state index in [4.69, 9.17) is 17.7 Å². The first-order valence-electron chi connectivity index (χ1n) is 39.0. The van der Waals surface area contributed by atoms with E-state index < -0.39 is 12.1 Å². The molecule has 0 saturated heterocycles. The van der Waals surface area contributed by atoms with E-state index in [0.717, 1.165) is 227 Å². The van der Waals surface area contributed by atoms with Gasteiger partial charge in [0.15, 0.2) is 0 Å². The van der Waals surface area contributed by atoms with Gasteiger partial charge in [-0.1, -0.05) is 312 Å². The number of para-hydroxylation sites is 4. The number of furan rings is 4. The van der Waals surface area contributed by atoms with Gasteiger partial charge in [-0.3, -0.25) is 0 Å². The van der Waals surface area contributed by atoms with Gasteiger partial charge in [-0.25, -0.2) is 0 Å². The van der Waals surface area contributed by atoms with Crippen LogP contribution in [0.2, 0.25) is 0 Å². The number of rotatable bonds is 10. The van der Waals surface area contributed by atoms with Crippen molar-refractivity contribution in [1.82, 2.24) is 0 Å². The maximum Gasteiger partial charge on any atom is 0.252 e. The second-order valence-corrected chi connectivity index (χ2v) is 31.2. The van der Waals surface area contributed by atoms with Crippen LogP contribution >= 0.6 is 0 Å². The van der Waals surface area contributed by atoms with Crippen LogP contribution in [0.25, 0.3) is 177 Å². The van der Waals surface area contributed by atoms with Gasteiger partial charge in [0, 0.05) is 77.3 Å². The molecule has 2 aliphatic heterocycles. The normalized spacial score (nSPS) is 12.7. The Morgan fingerprint density at radius 1 is 0.230 bits per heavy atom. The molecular weight excluding hydrogens is 1380 g/mol. The van der Waals surface area contributed by atoms with Gasteiger partial charge < -0.3 is 27.5 Å². The second-order valence-electron chi connectivity index (χ2n) is 31.2. The molecular formula is C106H69BN2O4. The Labute approximate surface area is 653 Å². The molecule has 6 nitrogen and oxygen atoms in total. The lowest BCUT2D eigenvalue weighted by Crippen LogP contribution is -2.61. The fourth-order valence-electron chi connectivity index (χ4n) is 18.6. The summed E-state index contributed by atoms with van der Waals surface area (Å²) in [6.45, 7) is 6.71. The van der Waals surface area contributed by atoms with Crippen LogP contribution in [-0.2, 0) is 5.41 Å². The molecule has 21 aromatic rings. The summed E-state index contributed by atoms with van der Waals surface area (Å²) in [6.07, 6.45) is 0. The van der Waals surface area contributed by atoms with Crippen LogP contribution in [0.15, 0.2) is 382 Å². The summed E-state index contributed by atoms with van der Waals surface area (Å²) in [5.41, 5.74) is 34.4. The van der Waals surface area contributed by atoms with E-state index >= 15 is 0 Å². The number of anilines is 6. The Hall–Kier alpha value is -14.4. The van der Waals surface area contributed by atoms with Crippen LogP contribution < -0.4 is 26.2 Å². The smallest absolute Gasteiger partial charge is 0.252 e. The van der Waals surface area contributed by atoms with Crippen molar-refractivity contribution >= 4 is 145 Å². The van der Waals surface area contributed by atoms with Crippen molar-refractivity contribution in [3.05, 3.63) is 370 Å². The zero-order valence-electron chi connectivity index (χ0n) is 62.2. The van der Waals surface area contributed by atoms with E-state index in [1.54, 1.807) is 0 Å². The Bertz CT molecular complexity index is 7020. The third kappa shape index (κ3) is 10.1. The number of hydrogen-bond donors (Lipinski definition) is 0. The van der Waals surface area contributed by atoms with Gasteiger partial charge in [0.1, 0.15) is 44.7 Å². The molecule has 0 spiro atoms. The Morgan fingerprint density at radius 3 is 0.929 bits per heavy atom. The fourth-order valence-corrected chi connectivity index (χ4v) is 18.6. The fraction of sp³-hybridized carbons (Fsp3) is 0.0377. The maximum absolute atomic E-state index is 7.48. The Balaban J connectivity index is 0.901. The van der Waals surface area contributed by atoms with Crippen LogP contribution in [0.3, 0.4) is 0 Å². The van der Waals surface area contributed by atoms with Gasteiger partial charge in [-0.2, -0.15) is 0 Å². The molecule has 2 aliphatic rings. The molecule has 0 aliphatic carbocycles. The highest BCUT2D eigenvalue weighted by Crippen LogP contribution is 2.58. The molecule has 113 heavy (non-hydrogen) atoms. The van der Waals surface area contributed by atoms with Crippen molar-refractivity contribution in [2.45, 2.75) is 26.2 Å². The molecule has 0 amide bonds. The lowest BCUT2D eigenvalue weighted by molar-refractivity contribution is 0.590. The number of nitrogens with zero attached hydrogens (tertiary/aromatic N) is 2. The maximum atomic E-state index is 7.48. The summed E-state index contributed by atoms with van der Waals surface area (Å²) in [5, 5.41) is 8.37. The van der Waals surface area contributed by atoms with E-state index in [0.29, 0.717) is 0 Å². The van der Waals surface area contributed by atoms with Crippen LogP contribution in [0, 0.1) is 0 Å². The van der Waals surface area contributed by atoms with Crippen molar-refractivity contribution in [2.75, 3.05) is 9.80 Å². The van der Waals surface area contributed by atoms with Gasteiger partial charge >= 0.3 is 0 Å². The van der Waals surface area contributed by atoms with Gasteiger partial charge in [0.05, 0.1) is 22.1 Å². The summed E-state index contributed by atoms with van der Waals surface area (Å²) < 4.78 is 28.5. The SMILES string of the molecule is CC(C)(C)c1cc2c3c(c1)N(c1c(-c4ccc(-c5ccccc5)cc4)cc(-c4ccccc4)c4oc5ccccc5c14)c1ccc(-c4cccc5oc6ccccc6c45)cc1B3c1cc(-c3cccc4oc5ccccc5c34)ccc1N2c1c(-c2ccc(-c3ccccc3)cc2)cc(-c2ccccc2)c2oc3ccccc3c12. The number of fused-ring (bicyclic) bond motifs is 16. The molecule has 530 valence electrons. The van der Waals surface area contributed by atoms with E-state index in [-0.39, 0.29) is 0 Å². The molecule has 0 atom stereocenters. The lowest BCUT2D eigenvalue weighted by Gasteiger charge is -2.46. The molecule has 0 fully saturated rings. The third-order valence-electron chi connectivity index (χ3n) is 23.8. The van der Waals surface area contributed by atoms with Crippen molar-refractivity contribution in [1.29, 1.82) is 0 Å². The monoisotopic (exact) mass is 1440 g/mol. The minimum Gasteiger partial charge on any atom is -0.456 e. The zero-order chi connectivity index (χ0) is 74.7. The van der Waals surface area contributed by atoms with E-state index in [1.165, 1.54) is 5.56 Å². The van der Waals surface area contributed by atoms with Crippen LogP contribution in [0.4, 0.5) is 34.1 Å². The first-order valence-corrected chi connectivity index (χ1v) is 39.0. The van der Waals surface area contributed by atoms with Crippen LogP contribution in [0.5, 0.6) is 0 Å². The first kappa shape index (κ1) is 64.6. The predicted octanol–water partition coefficient (Wildman–Crippen LogP) is 28.0. The molecule has 17 aromatic carbocycles. The zero-order valence-corrected chi connectivity index (χ0v) is 62.2. The van der Waals surface area contributed by atoms with Gasteiger partial charge in [0.2, 0.25) is 0 Å². The van der Waals surface area contributed by atoms with E-state index in [1.807, 2.05) is 0 Å². The lowest BCUT2D eigenvalue weighted by atomic mass is 9.33. The van der Waals surface area contributed by atoms with Crippen molar-refractivity contribution in [3.63, 3.8) is 0 Å². The Kier molecular flexibility index (Phi) is 14.3. The highest BCUT2D eigenvalue weighted by atomic mass is 16.3. The summed E-state index contributed by atoms with van der Waals surface area (Å²) in [5.74, 6) is 0. The number of hydrogen-bond acceptors (Lipinski definition) is 6. The molecule has 0 bridgehead atoms. The molecule has 0 N–H and O–H groups in total. The molecule has 23 rings (SSSR count). The molecule has 7 heteroatoms. The van der Waals surface area contributed by atoms with Crippen LogP contribution in [-0.4, -0.2) is 6.71 Å². The average molecular weight is 1450 g/mol. The van der Waals surface area contributed by atoms with Crippen LogP contribution in [0.1, 0.15) is 26.3 Å². The topological polar surface area (TPSA) is 59.0 Å². The van der Waals surface area contributed by atoms with E-state index in [2.05, 4.69) is 395 Å². The summed E-state index contributed by atoms with van der Waals surface area (Å²) in [7, 11) is 0. The van der Waals surface area contributed by atoms with E-state index in [9.17, 15) is 0 Å². The Morgan fingerprint density at radius 2 is 0.540 bits per heavy atom. The standard InChI is InChI=1S/C106H69BN2O4/c1-106(2,3)74-60-89-101-90(61-74)109(103-82(71-52-48-67(49-53-71)65-28-10-5-11-29-65)63-84(69-32-14-7-15-33-69)105-100(103)80-37-19-23-43-94(80)113-105)88-57-55-73(76-39-25-45-96-98(76)78-35-17-21-41-92(78)111-96)59-86(88)107(101)85-58-72(75-38-24-44-95-97(75)77-34-16-20-40-91(77)110-95)54-56-87(85)108(89)102-81(70-50-46-66(47-51-70)64-26-8-4-9-27-64)62-83(68-30-12-6-13-31-68)104-99(102)79-36-18-22-42-93(79)112-104/h4-63H,1-3H3. The van der Waals surface area contributed by atoms with Crippen molar-refractivity contribution in [3.8, 4) is 89.0 Å². The van der Waals surface area contributed by atoms with Crippen molar-refractivity contribution < 1.29 is 17.7 Å². The highest BCUT2D eigenvalue weighted by Gasteiger charge is 2.47. The second kappa shape index (κ2) is 25.1. The summed E-state index contributed by atoms with van der Waals surface area (Å²) in [4.78, 5) is 5.32. The van der Waals surface area contributed by atoms with Gasteiger partial charge in [-0.05, 0) is 167 Å². The quantitative estimate of drug-likeness (QED) is 0.127. The molecule has 0 radical (unpaired) electrons. The van der Waals surface area contributed by atoms with Gasteiger partial charge in [-0.15, -0.1) is 0 Å². The molecule has 0 saturated carbocycles. The van der Waals surface area contributed by atoms with Crippen molar-refractivity contribution in [2.24, 2.45) is 0 Å². The summed E-state index contributed by atoms with van der Waals surface area (Å²) in [6, 6.07) is 133. The minimum atomic E-state index is -0.402. The minimum absolute atomic E-state index is 0.394. The molecule has 4 aromatic heterocycles. The average Bonchev–Trinajstić information content (AvgIpc) is 1.52. The third-order valence-corrected chi connectivity index (χ3v) is 23.8. The molecule has 0 unspecified atom stereocenters. The van der Waals surface area contributed by atoms with Gasteiger partial charge in [0.25, 0.3) is 6.71 Å². The molecule has 6 heterocycles. The number of benzene rings is 17. The largest absolute Gasteiger partial charge is 0.456 e. The summed E-state index contributed by atoms with van der Waals surface area (Å²) >= 11 is 0. The predicted molar refractivity (Wildman–Crippen MR) is 472 cm³/mol.